The summed E-state index contributed by atoms with van der Waals surface area (Å²) >= 11 is 3.23. The van der Waals surface area contributed by atoms with Crippen LogP contribution < -0.4 is 14.2 Å². The molecule has 0 saturated heterocycles. The first-order chi connectivity index (χ1) is 12.2. The van der Waals surface area contributed by atoms with Crippen LogP contribution in [0.1, 0.15) is 22.8 Å². The van der Waals surface area contributed by atoms with Crippen molar-refractivity contribution in [3.05, 3.63) is 47.5 Å². The lowest BCUT2D eigenvalue weighted by Crippen LogP contribution is -2.18. The topological polar surface area (TPSA) is 81.7 Å². The summed E-state index contributed by atoms with van der Waals surface area (Å²) in [5.74, 6) is 0.364. The van der Waals surface area contributed by atoms with E-state index in [1.165, 1.54) is 38.5 Å². The molecule has 0 aliphatic carbocycles. The van der Waals surface area contributed by atoms with Crippen molar-refractivity contribution in [3.63, 3.8) is 0 Å². The maximum atomic E-state index is 12.7. The molecule has 1 N–H and O–H groups in total. The highest BCUT2D eigenvalue weighted by Gasteiger charge is 2.23. The number of alkyl halides is 1. The molecule has 26 heavy (non-hydrogen) atoms. The number of methoxy groups -OCH3 is 2. The molecule has 2 aromatic carbocycles. The average Bonchev–Trinajstić information content (AvgIpc) is 2.60. The second-order valence-corrected chi connectivity index (χ2v) is 8.71. The van der Waals surface area contributed by atoms with Gasteiger partial charge in [0.2, 0.25) is 0 Å². The Labute approximate surface area is 161 Å². The molecule has 0 fully saturated rings. The zero-order chi connectivity index (χ0) is 19.5. The molecule has 0 aromatic heterocycles. The van der Waals surface area contributed by atoms with Gasteiger partial charge < -0.3 is 9.47 Å². The molecule has 140 valence electrons. The minimum absolute atomic E-state index is 0.100. The van der Waals surface area contributed by atoms with Crippen molar-refractivity contribution >= 4 is 37.4 Å². The standard InChI is InChI=1S/C18H20BrNO5S/c1-11-5-7-13(8-6-11)26(22,23)20-15-10-17(25-4)16(24-3)9-14(15)18(21)12(2)19/h5-10,12,20H,1-4H3/t12-/m1/s1. The predicted molar refractivity (Wildman–Crippen MR) is 104 cm³/mol. The molecule has 0 unspecified atom stereocenters. The number of halogens is 1. The fourth-order valence-corrected chi connectivity index (χ4v) is 3.62. The summed E-state index contributed by atoms with van der Waals surface area (Å²) in [6.45, 7) is 3.53. The highest BCUT2D eigenvalue weighted by Crippen LogP contribution is 2.35. The monoisotopic (exact) mass is 441 g/mol. The summed E-state index contributed by atoms with van der Waals surface area (Å²) in [7, 11) is -0.991. The first-order valence-corrected chi connectivity index (χ1v) is 10.1. The number of aryl methyl sites for hydroxylation is 1. The van der Waals surface area contributed by atoms with Crippen molar-refractivity contribution in [2.45, 2.75) is 23.6 Å². The number of hydrogen-bond acceptors (Lipinski definition) is 5. The summed E-state index contributed by atoms with van der Waals surface area (Å²) in [5, 5.41) is 0. The van der Waals surface area contributed by atoms with E-state index < -0.39 is 14.9 Å². The number of ketones is 1. The number of ether oxygens (including phenoxy) is 2. The Hall–Kier alpha value is -2.06. The number of anilines is 1. The molecule has 2 rings (SSSR count). The molecular formula is C18H20BrNO5S. The van der Waals surface area contributed by atoms with Gasteiger partial charge in [0.05, 0.1) is 29.6 Å². The SMILES string of the molecule is COc1cc(NS(=O)(=O)c2ccc(C)cc2)c(C(=O)[C@@H](C)Br)cc1OC. The van der Waals surface area contributed by atoms with Crippen LogP contribution >= 0.6 is 15.9 Å². The summed E-state index contributed by atoms with van der Waals surface area (Å²) in [6, 6.07) is 9.32. The molecule has 0 aliphatic heterocycles. The number of benzene rings is 2. The fraction of sp³-hybridized carbons (Fsp3) is 0.278. The molecule has 0 saturated carbocycles. The van der Waals surface area contributed by atoms with E-state index in [0.29, 0.717) is 11.5 Å². The van der Waals surface area contributed by atoms with Gasteiger partial charge in [-0.15, -0.1) is 0 Å². The van der Waals surface area contributed by atoms with Gasteiger partial charge in [0.25, 0.3) is 10.0 Å². The molecule has 2 aromatic rings. The Morgan fingerprint density at radius 2 is 1.62 bits per heavy atom. The average molecular weight is 442 g/mol. The maximum absolute atomic E-state index is 12.7. The van der Waals surface area contributed by atoms with E-state index in [0.717, 1.165) is 5.56 Å². The van der Waals surface area contributed by atoms with Gasteiger partial charge >= 0.3 is 0 Å². The molecule has 0 heterocycles. The van der Waals surface area contributed by atoms with E-state index in [2.05, 4.69) is 20.7 Å². The molecule has 8 heteroatoms. The summed E-state index contributed by atoms with van der Waals surface area (Å²) in [6.07, 6.45) is 0. The van der Waals surface area contributed by atoms with Crippen LogP contribution in [0.2, 0.25) is 0 Å². The second-order valence-electron chi connectivity index (χ2n) is 5.65. The van der Waals surface area contributed by atoms with Crippen LogP contribution in [0.5, 0.6) is 11.5 Å². The van der Waals surface area contributed by atoms with Crippen molar-refractivity contribution in [1.29, 1.82) is 0 Å². The van der Waals surface area contributed by atoms with Crippen LogP contribution in [-0.4, -0.2) is 33.2 Å². The fourth-order valence-electron chi connectivity index (χ4n) is 2.30. The highest BCUT2D eigenvalue weighted by molar-refractivity contribution is 9.10. The van der Waals surface area contributed by atoms with Crippen LogP contribution in [0.25, 0.3) is 0 Å². The number of rotatable bonds is 7. The molecular weight excluding hydrogens is 422 g/mol. The Morgan fingerprint density at radius 3 is 2.12 bits per heavy atom. The highest BCUT2D eigenvalue weighted by atomic mass is 79.9. The molecule has 1 atom stereocenters. The third kappa shape index (κ3) is 4.37. The molecule has 0 amide bonds. The smallest absolute Gasteiger partial charge is 0.261 e. The predicted octanol–water partition coefficient (Wildman–Crippen LogP) is 3.78. The van der Waals surface area contributed by atoms with Crippen LogP contribution in [0.3, 0.4) is 0 Å². The molecule has 0 spiro atoms. The molecule has 0 aliphatic rings. The minimum Gasteiger partial charge on any atom is -0.493 e. The van der Waals surface area contributed by atoms with E-state index in [-0.39, 0.29) is 21.9 Å². The third-order valence-electron chi connectivity index (χ3n) is 3.73. The van der Waals surface area contributed by atoms with Crippen LogP contribution in [0.15, 0.2) is 41.3 Å². The lowest BCUT2D eigenvalue weighted by molar-refractivity contribution is 0.0996. The van der Waals surface area contributed by atoms with Gasteiger partial charge in [-0.2, -0.15) is 0 Å². The lowest BCUT2D eigenvalue weighted by Gasteiger charge is -2.16. The second kappa shape index (κ2) is 8.09. The minimum atomic E-state index is -3.87. The molecule has 0 radical (unpaired) electrons. The van der Waals surface area contributed by atoms with Gasteiger partial charge in [-0.1, -0.05) is 33.6 Å². The molecule has 6 nitrogen and oxygen atoms in total. The number of carbonyl (C=O) groups is 1. The zero-order valence-electron chi connectivity index (χ0n) is 14.9. The van der Waals surface area contributed by atoms with E-state index >= 15 is 0 Å². The van der Waals surface area contributed by atoms with E-state index in [1.54, 1.807) is 19.1 Å². The Balaban J connectivity index is 2.56. The van der Waals surface area contributed by atoms with Gasteiger partial charge in [0.15, 0.2) is 17.3 Å². The van der Waals surface area contributed by atoms with Crippen molar-refractivity contribution in [3.8, 4) is 11.5 Å². The van der Waals surface area contributed by atoms with Crippen molar-refractivity contribution in [2.75, 3.05) is 18.9 Å². The van der Waals surface area contributed by atoms with E-state index in [1.807, 2.05) is 6.92 Å². The summed E-state index contributed by atoms with van der Waals surface area (Å²) in [5.41, 5.74) is 1.25. The first-order valence-electron chi connectivity index (χ1n) is 7.73. The van der Waals surface area contributed by atoms with E-state index in [9.17, 15) is 13.2 Å². The van der Waals surface area contributed by atoms with Crippen molar-refractivity contribution < 1.29 is 22.7 Å². The van der Waals surface area contributed by atoms with Crippen LogP contribution in [0.4, 0.5) is 5.69 Å². The van der Waals surface area contributed by atoms with Crippen molar-refractivity contribution in [1.82, 2.24) is 0 Å². The normalized spacial score (nSPS) is 12.3. The molecule has 0 bridgehead atoms. The summed E-state index contributed by atoms with van der Waals surface area (Å²) in [4.78, 5) is 12.1. The Bertz CT molecular complexity index is 908. The quantitative estimate of drug-likeness (QED) is 0.522. The van der Waals surface area contributed by atoms with E-state index in [4.69, 9.17) is 9.47 Å². The van der Waals surface area contributed by atoms with Gasteiger partial charge in [-0.3, -0.25) is 9.52 Å². The summed E-state index contributed by atoms with van der Waals surface area (Å²) < 4.78 is 38.3. The maximum Gasteiger partial charge on any atom is 0.261 e. The Kier molecular flexibility index (Phi) is 6.30. The van der Waals surface area contributed by atoms with Gasteiger partial charge in [0, 0.05) is 11.6 Å². The van der Waals surface area contributed by atoms with Gasteiger partial charge in [-0.25, -0.2) is 8.42 Å². The Morgan fingerprint density at radius 1 is 1.08 bits per heavy atom. The van der Waals surface area contributed by atoms with Crippen molar-refractivity contribution in [2.24, 2.45) is 0 Å². The number of sulfonamides is 1. The van der Waals surface area contributed by atoms with Gasteiger partial charge in [0.1, 0.15) is 0 Å². The van der Waals surface area contributed by atoms with Crippen LogP contribution in [0, 0.1) is 6.92 Å². The number of Topliss-reactive ketones (excluding diaryl/α,β-unsaturated/α-hetero) is 1. The first kappa shape index (κ1) is 20.3. The van der Waals surface area contributed by atoms with Gasteiger partial charge in [-0.05, 0) is 32.0 Å². The number of hydrogen-bond donors (Lipinski definition) is 1. The lowest BCUT2D eigenvalue weighted by atomic mass is 10.1. The third-order valence-corrected chi connectivity index (χ3v) is 5.52. The number of nitrogens with one attached hydrogen (secondary N) is 1. The van der Waals surface area contributed by atoms with Crippen LogP contribution in [-0.2, 0) is 10.0 Å². The largest absolute Gasteiger partial charge is 0.493 e. The zero-order valence-corrected chi connectivity index (χ0v) is 17.3. The number of carbonyl (C=O) groups excluding carboxylic acids is 1.